The van der Waals surface area contributed by atoms with Crippen LogP contribution in [0.2, 0.25) is 0 Å². The highest BCUT2D eigenvalue weighted by atomic mass is 15.3. The summed E-state index contributed by atoms with van der Waals surface area (Å²) in [5.41, 5.74) is 5.82. The predicted molar refractivity (Wildman–Crippen MR) is 101 cm³/mol. The van der Waals surface area contributed by atoms with Crippen molar-refractivity contribution < 1.29 is 0 Å². The van der Waals surface area contributed by atoms with Crippen molar-refractivity contribution in [1.29, 1.82) is 0 Å². The molecule has 0 atom stereocenters. The Morgan fingerprint density at radius 3 is 1.82 bits per heavy atom. The summed E-state index contributed by atoms with van der Waals surface area (Å²) < 4.78 is 0. The molecule has 0 aliphatic carbocycles. The number of pyridine rings is 1. The van der Waals surface area contributed by atoms with Gasteiger partial charge in [0, 0.05) is 32.4 Å². The number of likely N-dealkylation sites (N-methyl/N-ethyl adjacent to an activating group) is 1. The molecule has 1 saturated heterocycles. The first-order chi connectivity index (χ1) is 10.7. The van der Waals surface area contributed by atoms with Gasteiger partial charge in [-0.1, -0.05) is 47.6 Å². The quantitative estimate of drug-likeness (QED) is 0.907. The summed E-state index contributed by atoms with van der Waals surface area (Å²) in [6.07, 6.45) is 2.01. The fourth-order valence-corrected chi connectivity index (χ4v) is 1.96. The highest BCUT2D eigenvalue weighted by Crippen LogP contribution is 2.17. The fourth-order valence-electron chi connectivity index (χ4n) is 1.96. The standard InChI is InChI=1S/C13H21N3.2C2H6.CH5N/c1-11(2)12-4-5-13(14-10-12)16-8-6-15(3)7-9-16;3*1-2/h4-5,10-11H,6-9H2,1-3H3;2*1-2H3;2H2,1H3. The molecule has 1 fully saturated rings. The van der Waals surface area contributed by atoms with Gasteiger partial charge < -0.3 is 15.5 Å². The summed E-state index contributed by atoms with van der Waals surface area (Å²) in [7, 11) is 3.67. The van der Waals surface area contributed by atoms with Gasteiger partial charge in [-0.15, -0.1) is 0 Å². The zero-order chi connectivity index (χ0) is 17.5. The molecule has 1 aromatic heterocycles. The molecule has 4 heteroatoms. The second-order valence-electron chi connectivity index (χ2n) is 4.89. The van der Waals surface area contributed by atoms with E-state index in [0.29, 0.717) is 5.92 Å². The minimum atomic E-state index is 0.564. The number of hydrogen-bond acceptors (Lipinski definition) is 4. The summed E-state index contributed by atoms with van der Waals surface area (Å²) in [6, 6.07) is 4.35. The molecule has 0 spiro atoms. The third-order valence-corrected chi connectivity index (χ3v) is 3.26. The molecule has 0 unspecified atom stereocenters. The van der Waals surface area contributed by atoms with Crippen LogP contribution in [0, 0.1) is 0 Å². The Balaban J connectivity index is 0. The van der Waals surface area contributed by atoms with Gasteiger partial charge in [0.25, 0.3) is 0 Å². The first-order valence-corrected chi connectivity index (χ1v) is 8.64. The maximum absolute atomic E-state index is 4.56. The Morgan fingerprint density at radius 2 is 1.45 bits per heavy atom. The molecule has 22 heavy (non-hydrogen) atoms. The van der Waals surface area contributed by atoms with Crippen molar-refractivity contribution in [3.63, 3.8) is 0 Å². The maximum Gasteiger partial charge on any atom is 0.128 e. The van der Waals surface area contributed by atoms with Crippen LogP contribution in [0.1, 0.15) is 53.0 Å². The number of nitrogens with zero attached hydrogens (tertiary/aromatic N) is 3. The van der Waals surface area contributed by atoms with Gasteiger partial charge in [-0.2, -0.15) is 0 Å². The highest BCUT2D eigenvalue weighted by Gasteiger charge is 2.14. The van der Waals surface area contributed by atoms with Crippen LogP contribution in [0.3, 0.4) is 0 Å². The SMILES string of the molecule is CC.CC.CC(C)c1ccc(N2CCN(C)CC2)nc1.CN. The monoisotopic (exact) mass is 310 g/mol. The molecule has 0 bridgehead atoms. The van der Waals surface area contributed by atoms with Gasteiger partial charge in [0.05, 0.1) is 0 Å². The van der Waals surface area contributed by atoms with Crippen molar-refractivity contribution in [2.75, 3.05) is 45.2 Å². The summed E-state index contributed by atoms with van der Waals surface area (Å²) >= 11 is 0. The number of nitrogens with two attached hydrogens (primary N) is 1. The Morgan fingerprint density at radius 1 is 0.955 bits per heavy atom. The van der Waals surface area contributed by atoms with E-state index >= 15 is 0 Å². The Hall–Kier alpha value is -1.13. The van der Waals surface area contributed by atoms with Crippen LogP contribution in [0.4, 0.5) is 5.82 Å². The van der Waals surface area contributed by atoms with Crippen LogP contribution in [0.25, 0.3) is 0 Å². The van der Waals surface area contributed by atoms with E-state index in [-0.39, 0.29) is 0 Å². The van der Waals surface area contributed by atoms with Crippen LogP contribution in [-0.2, 0) is 0 Å². The zero-order valence-corrected chi connectivity index (χ0v) is 16.1. The van der Waals surface area contributed by atoms with E-state index in [4.69, 9.17) is 0 Å². The Bertz CT molecular complexity index is 327. The largest absolute Gasteiger partial charge is 0.354 e. The van der Waals surface area contributed by atoms with Crippen molar-refractivity contribution in [2.24, 2.45) is 5.73 Å². The number of piperazine rings is 1. The lowest BCUT2D eigenvalue weighted by Gasteiger charge is -2.33. The van der Waals surface area contributed by atoms with Crippen molar-refractivity contribution >= 4 is 5.82 Å². The average Bonchev–Trinajstić information content (AvgIpc) is 2.61. The lowest BCUT2D eigenvalue weighted by Crippen LogP contribution is -2.44. The molecule has 1 aliphatic heterocycles. The first-order valence-electron chi connectivity index (χ1n) is 8.64. The van der Waals surface area contributed by atoms with Gasteiger partial charge in [-0.25, -0.2) is 4.98 Å². The van der Waals surface area contributed by atoms with E-state index in [2.05, 4.69) is 53.5 Å². The fraction of sp³-hybridized carbons (Fsp3) is 0.722. The molecular weight excluding hydrogens is 272 g/mol. The van der Waals surface area contributed by atoms with Gasteiger partial charge in [0.1, 0.15) is 5.82 Å². The topological polar surface area (TPSA) is 45.4 Å². The normalized spacial score (nSPS) is 14.0. The summed E-state index contributed by atoms with van der Waals surface area (Å²) in [6.45, 7) is 16.8. The van der Waals surface area contributed by atoms with Crippen molar-refractivity contribution in [1.82, 2.24) is 9.88 Å². The van der Waals surface area contributed by atoms with E-state index < -0.39 is 0 Å². The van der Waals surface area contributed by atoms with Gasteiger partial charge in [-0.3, -0.25) is 0 Å². The minimum absolute atomic E-state index is 0.564. The van der Waals surface area contributed by atoms with E-state index in [9.17, 15) is 0 Å². The molecule has 1 aromatic rings. The average molecular weight is 311 g/mol. The molecule has 0 amide bonds. The third-order valence-electron chi connectivity index (χ3n) is 3.26. The lowest BCUT2D eigenvalue weighted by molar-refractivity contribution is 0.312. The van der Waals surface area contributed by atoms with E-state index in [1.165, 1.54) is 12.6 Å². The Labute approximate surface area is 138 Å². The number of hydrogen-bond donors (Lipinski definition) is 1. The number of aromatic nitrogens is 1. The van der Waals surface area contributed by atoms with Crippen LogP contribution in [0.5, 0.6) is 0 Å². The smallest absolute Gasteiger partial charge is 0.128 e. The van der Waals surface area contributed by atoms with Crippen molar-refractivity contribution in [3.8, 4) is 0 Å². The van der Waals surface area contributed by atoms with Crippen LogP contribution >= 0.6 is 0 Å². The van der Waals surface area contributed by atoms with E-state index in [1.54, 1.807) is 0 Å². The molecule has 2 heterocycles. The molecular formula is C18H38N4. The molecule has 1 aliphatic rings. The first kappa shape index (κ1) is 23.1. The zero-order valence-electron chi connectivity index (χ0n) is 16.1. The second-order valence-corrected chi connectivity index (χ2v) is 4.89. The van der Waals surface area contributed by atoms with Gasteiger partial charge >= 0.3 is 0 Å². The molecule has 2 rings (SSSR count). The van der Waals surface area contributed by atoms with Crippen LogP contribution in [0.15, 0.2) is 18.3 Å². The Kier molecular flexibility index (Phi) is 15.6. The van der Waals surface area contributed by atoms with E-state index in [1.807, 2.05) is 33.9 Å². The van der Waals surface area contributed by atoms with Crippen molar-refractivity contribution in [3.05, 3.63) is 23.9 Å². The molecule has 130 valence electrons. The molecule has 0 aromatic carbocycles. The lowest BCUT2D eigenvalue weighted by atomic mass is 10.1. The second kappa shape index (κ2) is 14.8. The molecule has 0 radical (unpaired) electrons. The minimum Gasteiger partial charge on any atom is -0.354 e. The third kappa shape index (κ3) is 8.35. The number of rotatable bonds is 2. The van der Waals surface area contributed by atoms with Gasteiger partial charge in [0.15, 0.2) is 0 Å². The number of anilines is 1. The highest BCUT2D eigenvalue weighted by molar-refractivity contribution is 5.40. The van der Waals surface area contributed by atoms with E-state index in [0.717, 1.165) is 32.0 Å². The molecule has 4 nitrogen and oxygen atoms in total. The van der Waals surface area contributed by atoms with Crippen LogP contribution < -0.4 is 10.6 Å². The summed E-state index contributed by atoms with van der Waals surface area (Å²) in [5, 5.41) is 0. The molecule has 2 N–H and O–H groups in total. The summed E-state index contributed by atoms with van der Waals surface area (Å²) in [5.74, 6) is 1.69. The van der Waals surface area contributed by atoms with Gasteiger partial charge in [0.2, 0.25) is 0 Å². The summed E-state index contributed by atoms with van der Waals surface area (Å²) in [4.78, 5) is 9.28. The predicted octanol–water partition coefficient (Wildman–Crippen LogP) is 3.58. The van der Waals surface area contributed by atoms with Crippen molar-refractivity contribution in [2.45, 2.75) is 47.5 Å². The molecule has 0 saturated carbocycles. The van der Waals surface area contributed by atoms with Gasteiger partial charge in [-0.05, 0) is 31.6 Å². The van der Waals surface area contributed by atoms with Crippen LogP contribution in [-0.4, -0.2) is 50.2 Å². The maximum atomic E-state index is 4.56.